The Bertz CT molecular complexity index is 240. The minimum atomic E-state index is -2.17. The molecule has 1 aliphatic rings. The second kappa shape index (κ2) is 2.96. The van der Waals surface area contributed by atoms with Crippen molar-refractivity contribution < 1.29 is 9.72 Å². The lowest BCUT2D eigenvalue weighted by atomic mass is 9.89. The van der Waals surface area contributed by atoms with E-state index in [1.807, 2.05) is 0 Å². The summed E-state index contributed by atoms with van der Waals surface area (Å²) in [6.45, 7) is 0. The Kier molecular flexibility index (Phi) is 2.16. The van der Waals surface area contributed by atoms with E-state index >= 15 is 0 Å². The number of carbonyl (C=O) groups excluding carboxylic acids is 1. The van der Waals surface area contributed by atoms with Gasteiger partial charge in [-0.2, -0.15) is 0 Å². The van der Waals surface area contributed by atoms with Crippen LogP contribution in [0.25, 0.3) is 0 Å². The topological polar surface area (TPSA) is 89.6 Å². The van der Waals surface area contributed by atoms with Crippen molar-refractivity contribution in [1.29, 1.82) is 0 Å². The predicted octanol–water partition coefficient (Wildman–Crippen LogP) is 0.869. The minimum Gasteiger partial charge on any atom is -0.289 e. The molecule has 0 radical (unpaired) electrons. The molecule has 0 heterocycles. The van der Waals surface area contributed by atoms with Crippen molar-refractivity contribution in [3.8, 4) is 0 Å². The number of Topliss-reactive ketones (excluding diaryl/α,β-unsaturated/α-hetero) is 1. The van der Waals surface area contributed by atoms with Gasteiger partial charge in [0, 0.05) is 11.6 Å². The van der Waals surface area contributed by atoms with Crippen LogP contribution < -0.4 is 0 Å². The number of carbonyl (C=O) groups is 1. The average Bonchev–Trinajstić information content (AvgIpc) is 2.05. The van der Waals surface area contributed by atoms with Gasteiger partial charge in [-0.3, -0.25) is 14.9 Å². The zero-order chi connectivity index (χ0) is 9.19. The third-order valence-electron chi connectivity index (χ3n) is 2.08. The Morgan fingerprint density at radius 2 is 2.17 bits per heavy atom. The van der Waals surface area contributed by atoms with Gasteiger partial charge in [0.15, 0.2) is 0 Å². The van der Waals surface area contributed by atoms with Crippen molar-refractivity contribution in [3.63, 3.8) is 0 Å². The maximum absolute atomic E-state index is 11.1. The first-order chi connectivity index (χ1) is 5.63. The fourth-order valence-electron chi connectivity index (χ4n) is 1.32. The number of hydrogen-bond acceptors (Lipinski definition) is 5. The van der Waals surface area contributed by atoms with Gasteiger partial charge in [-0.05, 0) is 12.8 Å². The molecule has 0 spiro atoms. The number of ketones is 1. The van der Waals surface area contributed by atoms with Crippen molar-refractivity contribution in [2.75, 3.05) is 0 Å². The fourth-order valence-corrected chi connectivity index (χ4v) is 1.32. The number of nitrogens with zero attached hydrogens (tertiary/aromatic N) is 2. The zero-order valence-electron chi connectivity index (χ0n) is 6.36. The van der Waals surface area contributed by atoms with E-state index in [4.69, 9.17) is 0 Å². The number of nitroso groups, excluding NO2 is 1. The third-order valence-corrected chi connectivity index (χ3v) is 2.08. The summed E-state index contributed by atoms with van der Waals surface area (Å²) < 4.78 is 0. The third kappa shape index (κ3) is 1.09. The molecule has 1 aliphatic carbocycles. The summed E-state index contributed by atoms with van der Waals surface area (Å²) in [5.74, 6) is -0.659. The lowest BCUT2D eigenvalue weighted by Crippen LogP contribution is -2.46. The van der Waals surface area contributed by atoms with E-state index in [-0.39, 0.29) is 12.8 Å². The molecular weight excluding hydrogens is 164 g/mol. The van der Waals surface area contributed by atoms with E-state index in [1.54, 1.807) is 0 Å². The van der Waals surface area contributed by atoms with E-state index in [0.717, 1.165) is 0 Å². The molecular formula is C6H8N2O4. The summed E-state index contributed by atoms with van der Waals surface area (Å²) in [4.78, 5) is 30.8. The van der Waals surface area contributed by atoms with Gasteiger partial charge in [-0.1, -0.05) is 0 Å². The highest BCUT2D eigenvalue weighted by atomic mass is 16.6. The Morgan fingerprint density at radius 1 is 1.50 bits per heavy atom. The molecule has 1 fully saturated rings. The van der Waals surface area contributed by atoms with Crippen molar-refractivity contribution >= 4 is 5.78 Å². The van der Waals surface area contributed by atoms with Crippen LogP contribution in [0.5, 0.6) is 0 Å². The molecule has 0 aromatic heterocycles. The molecule has 0 aliphatic heterocycles. The first kappa shape index (κ1) is 8.76. The van der Waals surface area contributed by atoms with Crippen LogP contribution >= 0.6 is 0 Å². The van der Waals surface area contributed by atoms with Gasteiger partial charge in [0.2, 0.25) is 5.78 Å². The van der Waals surface area contributed by atoms with Crippen LogP contribution in [-0.4, -0.2) is 16.4 Å². The molecule has 12 heavy (non-hydrogen) atoms. The molecule has 0 aromatic carbocycles. The lowest BCUT2D eigenvalue weighted by molar-refractivity contribution is -0.553. The van der Waals surface area contributed by atoms with Crippen LogP contribution in [-0.2, 0) is 4.79 Å². The van der Waals surface area contributed by atoms with E-state index in [0.29, 0.717) is 12.8 Å². The Balaban J connectivity index is 2.96. The zero-order valence-corrected chi connectivity index (χ0v) is 6.36. The molecule has 0 saturated heterocycles. The first-order valence-electron chi connectivity index (χ1n) is 3.66. The predicted molar refractivity (Wildman–Crippen MR) is 39.0 cm³/mol. The standard InChI is InChI=1S/C6H8N2O4/c9-5-3-1-2-4-6(5,7-10)8(11)12/h1-4H2. The summed E-state index contributed by atoms with van der Waals surface area (Å²) in [6, 6.07) is 0. The second-order valence-electron chi connectivity index (χ2n) is 2.80. The van der Waals surface area contributed by atoms with Crippen LogP contribution in [0.3, 0.4) is 0 Å². The maximum Gasteiger partial charge on any atom is 0.405 e. The van der Waals surface area contributed by atoms with Gasteiger partial charge in [0.25, 0.3) is 0 Å². The molecule has 1 rings (SSSR count). The highest BCUT2D eigenvalue weighted by molar-refractivity contribution is 5.87. The van der Waals surface area contributed by atoms with Gasteiger partial charge in [0.05, 0.1) is 11.3 Å². The van der Waals surface area contributed by atoms with Crippen LogP contribution in [0.4, 0.5) is 0 Å². The van der Waals surface area contributed by atoms with Gasteiger partial charge >= 0.3 is 5.66 Å². The minimum absolute atomic E-state index is 0.0532. The molecule has 0 N–H and O–H groups in total. The second-order valence-corrected chi connectivity index (χ2v) is 2.80. The molecule has 0 amide bonds. The smallest absolute Gasteiger partial charge is 0.289 e. The number of nitro groups is 1. The average molecular weight is 172 g/mol. The van der Waals surface area contributed by atoms with Gasteiger partial charge in [-0.25, -0.2) is 0 Å². The van der Waals surface area contributed by atoms with Crippen molar-refractivity contribution in [3.05, 3.63) is 15.0 Å². The summed E-state index contributed by atoms with van der Waals surface area (Å²) >= 11 is 0. The lowest BCUT2D eigenvalue weighted by Gasteiger charge is -2.19. The summed E-state index contributed by atoms with van der Waals surface area (Å²) in [6.07, 6.45) is 1.16. The van der Waals surface area contributed by atoms with Crippen LogP contribution in [0.15, 0.2) is 5.18 Å². The SMILES string of the molecule is O=NC1([N+](=O)[O-])CCCCC1=O. The summed E-state index contributed by atoms with van der Waals surface area (Å²) in [5.41, 5.74) is -2.17. The molecule has 0 aromatic rings. The van der Waals surface area contributed by atoms with Crippen molar-refractivity contribution in [1.82, 2.24) is 0 Å². The van der Waals surface area contributed by atoms with E-state index in [2.05, 4.69) is 5.18 Å². The fraction of sp³-hybridized carbons (Fsp3) is 0.833. The number of rotatable bonds is 2. The van der Waals surface area contributed by atoms with E-state index < -0.39 is 16.4 Å². The van der Waals surface area contributed by atoms with E-state index in [1.165, 1.54) is 0 Å². The molecule has 0 bridgehead atoms. The van der Waals surface area contributed by atoms with Crippen LogP contribution in [0, 0.1) is 15.0 Å². The molecule has 1 saturated carbocycles. The Labute approximate surface area is 68.1 Å². The van der Waals surface area contributed by atoms with Crippen LogP contribution in [0.2, 0.25) is 0 Å². The summed E-state index contributed by atoms with van der Waals surface area (Å²) in [7, 11) is 0. The summed E-state index contributed by atoms with van der Waals surface area (Å²) in [5, 5.41) is 12.8. The molecule has 1 unspecified atom stereocenters. The van der Waals surface area contributed by atoms with Crippen molar-refractivity contribution in [2.45, 2.75) is 31.3 Å². The molecule has 1 atom stereocenters. The quantitative estimate of drug-likeness (QED) is 0.351. The number of hydrogen-bond donors (Lipinski definition) is 0. The molecule has 66 valence electrons. The molecule has 6 nitrogen and oxygen atoms in total. The Morgan fingerprint density at radius 3 is 2.50 bits per heavy atom. The van der Waals surface area contributed by atoms with E-state index in [9.17, 15) is 19.8 Å². The van der Waals surface area contributed by atoms with Gasteiger partial charge in [0.1, 0.15) is 0 Å². The van der Waals surface area contributed by atoms with Gasteiger partial charge < -0.3 is 0 Å². The normalized spacial score (nSPS) is 29.8. The van der Waals surface area contributed by atoms with Gasteiger partial charge in [-0.15, -0.1) is 4.91 Å². The maximum atomic E-state index is 11.1. The first-order valence-corrected chi connectivity index (χ1v) is 3.66. The van der Waals surface area contributed by atoms with Crippen LogP contribution in [0.1, 0.15) is 25.7 Å². The Hall–Kier alpha value is -1.33. The monoisotopic (exact) mass is 172 g/mol. The van der Waals surface area contributed by atoms with Crippen molar-refractivity contribution in [2.24, 2.45) is 5.18 Å². The molecule has 6 heteroatoms. The highest BCUT2D eigenvalue weighted by Crippen LogP contribution is 2.28. The highest BCUT2D eigenvalue weighted by Gasteiger charge is 2.53. The largest absolute Gasteiger partial charge is 0.405 e.